The molecule has 4 rings (SSSR count). The van der Waals surface area contributed by atoms with Crippen LogP contribution in [-0.4, -0.2) is 28.0 Å². The normalized spacial score (nSPS) is 17.5. The van der Waals surface area contributed by atoms with E-state index in [1.54, 1.807) is 6.07 Å². The maximum Gasteiger partial charge on any atom is 0.264 e. The zero-order chi connectivity index (χ0) is 31.6. The molecule has 2 aromatic heterocycles. The Morgan fingerprint density at radius 1 is 1.14 bits per heavy atom. The van der Waals surface area contributed by atoms with Crippen LogP contribution in [0, 0.1) is 11.7 Å². The average Bonchev–Trinajstić information content (AvgIpc) is 3.28. The topological polar surface area (TPSA) is 78.9 Å². The Hall–Kier alpha value is -2.49. The molecule has 232 valence electrons. The van der Waals surface area contributed by atoms with E-state index in [2.05, 4.69) is 78.0 Å². The minimum Gasteiger partial charge on any atom is -0.362 e. The Balaban J connectivity index is 1.49. The van der Waals surface area contributed by atoms with Crippen molar-refractivity contribution in [2.75, 3.05) is 11.9 Å². The summed E-state index contributed by atoms with van der Waals surface area (Å²) in [5, 5.41) is 7.86. The molecule has 0 spiro atoms. The molecule has 0 aliphatic carbocycles. The first kappa shape index (κ1) is 33.4. The van der Waals surface area contributed by atoms with Crippen molar-refractivity contribution in [1.29, 1.82) is 0 Å². The molecule has 0 bridgehead atoms. The minimum absolute atomic E-state index is 0.0107. The number of rotatable bonds is 9. The Labute approximate surface area is 269 Å². The second-order valence-corrected chi connectivity index (χ2v) is 16.0. The quantitative estimate of drug-likeness (QED) is 0.198. The number of pyridine rings is 2. The molecule has 1 aliphatic heterocycles. The molecule has 2 atom stereocenters. The van der Waals surface area contributed by atoms with Crippen molar-refractivity contribution in [3.63, 3.8) is 0 Å². The summed E-state index contributed by atoms with van der Waals surface area (Å²) >= 11 is 4.57. The number of nitrogens with zero attached hydrogens (tertiary/aromatic N) is 2. The maximum atomic E-state index is 14.9. The van der Waals surface area contributed by atoms with Crippen molar-refractivity contribution in [3.8, 4) is 0 Å². The van der Waals surface area contributed by atoms with Crippen LogP contribution < -0.4 is 15.4 Å². The third-order valence-corrected chi connectivity index (χ3v) is 9.32. The number of hydrogen-bond acceptors (Lipinski definition) is 6. The van der Waals surface area contributed by atoms with Crippen molar-refractivity contribution in [3.05, 3.63) is 81.3 Å². The number of carbonyl (C=O) groups is 1. The highest BCUT2D eigenvalue weighted by Gasteiger charge is 2.31. The summed E-state index contributed by atoms with van der Waals surface area (Å²) in [4.78, 5) is 22.4. The van der Waals surface area contributed by atoms with E-state index >= 15 is 0 Å². The maximum absolute atomic E-state index is 14.9. The van der Waals surface area contributed by atoms with Gasteiger partial charge in [-0.15, -0.1) is 0 Å². The minimum atomic E-state index is -0.553. The number of halogens is 2. The van der Waals surface area contributed by atoms with Crippen LogP contribution >= 0.6 is 27.9 Å². The van der Waals surface area contributed by atoms with Crippen molar-refractivity contribution in [1.82, 2.24) is 20.0 Å². The molecule has 6 nitrogen and oxygen atoms in total. The van der Waals surface area contributed by atoms with Crippen LogP contribution in [0.5, 0.6) is 0 Å². The zero-order valence-corrected chi connectivity index (χ0v) is 29.0. The second-order valence-electron chi connectivity index (χ2n) is 14.3. The van der Waals surface area contributed by atoms with Crippen LogP contribution in [0.4, 0.5) is 10.2 Å². The molecule has 1 aliphatic rings. The van der Waals surface area contributed by atoms with E-state index in [1.807, 2.05) is 45.2 Å². The summed E-state index contributed by atoms with van der Waals surface area (Å²) in [5.74, 6) is 0.231. The van der Waals surface area contributed by atoms with Crippen molar-refractivity contribution >= 4 is 39.6 Å². The number of hydrogen-bond donors (Lipinski definition) is 3. The van der Waals surface area contributed by atoms with Gasteiger partial charge in [0.1, 0.15) is 16.7 Å². The van der Waals surface area contributed by atoms with Gasteiger partial charge in [0.25, 0.3) is 5.91 Å². The summed E-state index contributed by atoms with van der Waals surface area (Å²) in [6, 6.07) is 12.9. The predicted molar refractivity (Wildman–Crippen MR) is 179 cm³/mol. The summed E-state index contributed by atoms with van der Waals surface area (Å²) in [6.45, 7) is 18.2. The van der Waals surface area contributed by atoms with Gasteiger partial charge in [-0.1, -0.05) is 63.5 Å². The number of amides is 1. The van der Waals surface area contributed by atoms with Crippen LogP contribution in [0.2, 0.25) is 0 Å². The van der Waals surface area contributed by atoms with Gasteiger partial charge in [0.05, 0.1) is 17.3 Å². The zero-order valence-electron chi connectivity index (χ0n) is 26.6. The summed E-state index contributed by atoms with van der Waals surface area (Å²) < 4.78 is 18.4. The smallest absolute Gasteiger partial charge is 0.264 e. The van der Waals surface area contributed by atoms with Crippen molar-refractivity contribution in [2.24, 2.45) is 5.92 Å². The van der Waals surface area contributed by atoms with E-state index in [0.717, 1.165) is 49.0 Å². The lowest BCUT2D eigenvalue weighted by Gasteiger charge is -2.24. The van der Waals surface area contributed by atoms with Gasteiger partial charge in [-0.2, -0.15) is 0 Å². The van der Waals surface area contributed by atoms with Gasteiger partial charge >= 0.3 is 0 Å². The second kappa shape index (κ2) is 13.2. The van der Waals surface area contributed by atoms with E-state index in [9.17, 15) is 9.18 Å². The molecule has 1 saturated heterocycles. The average molecular weight is 671 g/mol. The van der Waals surface area contributed by atoms with Crippen LogP contribution in [-0.2, 0) is 10.8 Å². The van der Waals surface area contributed by atoms with Gasteiger partial charge in [-0.05, 0) is 104 Å². The molecule has 0 radical (unpaired) electrons. The monoisotopic (exact) mass is 669 g/mol. The first-order valence-electron chi connectivity index (χ1n) is 14.9. The van der Waals surface area contributed by atoms with E-state index in [1.165, 1.54) is 11.6 Å². The lowest BCUT2D eigenvalue weighted by atomic mass is 9.86. The fourth-order valence-electron chi connectivity index (χ4n) is 5.47. The summed E-state index contributed by atoms with van der Waals surface area (Å²) in [5.41, 5.74) is 2.94. The molecule has 9 heteroatoms. The first-order valence-corrected chi connectivity index (χ1v) is 16.5. The molecule has 3 aromatic rings. The van der Waals surface area contributed by atoms with Crippen molar-refractivity contribution < 1.29 is 9.18 Å². The molecule has 2 unspecified atom stereocenters. The van der Waals surface area contributed by atoms with E-state index in [0.29, 0.717) is 21.2 Å². The molecular formula is C34H45BrFN5OS. The molecule has 0 saturated carbocycles. The Kier molecular flexibility index (Phi) is 10.3. The number of carbonyl (C=O) groups excluding carboxylic acids is 1. The van der Waals surface area contributed by atoms with E-state index in [4.69, 9.17) is 9.97 Å². The standard InChI is InChI=1S/C34H45BrFN5OS/c1-32(2,3)22-14-15-37-28(16-22)27(13-12-21-19-34(7,8)38-20-21)39-29-10-9-11-30(40-29)43-41-31(42)23-17-25(35)24(18-26(23)36)33(4,5)6/h9-11,14-18,21,27,38H,12-13,19-20H2,1-8H3,(H,39,40)(H,41,42). The fourth-order valence-corrected chi connectivity index (χ4v) is 7.01. The van der Waals surface area contributed by atoms with Crippen LogP contribution in [0.15, 0.2) is 58.2 Å². The van der Waals surface area contributed by atoms with Gasteiger partial charge in [-0.25, -0.2) is 9.37 Å². The Bertz CT molecular complexity index is 1450. The highest BCUT2D eigenvalue weighted by molar-refractivity contribution is 9.10. The Morgan fingerprint density at radius 2 is 1.88 bits per heavy atom. The summed E-state index contributed by atoms with van der Waals surface area (Å²) in [6.07, 6.45) is 5.02. The molecule has 1 amide bonds. The number of aromatic nitrogens is 2. The third kappa shape index (κ3) is 9.02. The predicted octanol–water partition coefficient (Wildman–Crippen LogP) is 8.73. The molecule has 43 heavy (non-hydrogen) atoms. The van der Waals surface area contributed by atoms with E-state index in [-0.39, 0.29) is 28.0 Å². The van der Waals surface area contributed by atoms with Crippen LogP contribution in [0.25, 0.3) is 0 Å². The number of nitrogens with one attached hydrogen (secondary N) is 3. The molecule has 3 heterocycles. The van der Waals surface area contributed by atoms with Gasteiger partial charge in [-0.3, -0.25) is 14.5 Å². The fraction of sp³-hybridized carbons (Fsp3) is 0.500. The molecule has 3 N–H and O–H groups in total. The van der Waals surface area contributed by atoms with E-state index < -0.39 is 11.7 Å². The van der Waals surface area contributed by atoms with Crippen molar-refractivity contribution in [2.45, 2.75) is 102 Å². The Morgan fingerprint density at radius 3 is 2.53 bits per heavy atom. The van der Waals surface area contributed by atoms with Gasteiger partial charge in [0.2, 0.25) is 0 Å². The third-order valence-electron chi connectivity index (χ3n) is 7.94. The van der Waals surface area contributed by atoms with Crippen LogP contribution in [0.1, 0.15) is 108 Å². The van der Waals surface area contributed by atoms with Gasteiger partial charge in [0.15, 0.2) is 0 Å². The van der Waals surface area contributed by atoms with Gasteiger partial charge in [0, 0.05) is 28.2 Å². The summed E-state index contributed by atoms with van der Waals surface area (Å²) in [7, 11) is 0. The number of benzene rings is 1. The first-order chi connectivity index (χ1) is 20.0. The van der Waals surface area contributed by atoms with Crippen LogP contribution in [0.3, 0.4) is 0 Å². The highest BCUT2D eigenvalue weighted by atomic mass is 79.9. The SMILES string of the molecule is CC1(C)CC(CCC(Nc2cccc(SNC(=O)c3cc(Br)c(C(C)(C)C)cc3F)n2)c2cc(C(C)(C)C)ccn2)CN1. The highest BCUT2D eigenvalue weighted by Crippen LogP contribution is 2.34. The van der Waals surface area contributed by atoms with Gasteiger partial charge < -0.3 is 10.6 Å². The lowest BCUT2D eigenvalue weighted by molar-refractivity contribution is 0.0980. The molecule has 1 aromatic carbocycles. The number of anilines is 1. The molecule has 1 fully saturated rings. The lowest BCUT2D eigenvalue weighted by Crippen LogP contribution is -2.31. The largest absolute Gasteiger partial charge is 0.362 e. The molecular weight excluding hydrogens is 625 g/mol.